The fraction of sp³-hybridized carbons (Fsp3) is 0.312. The standard InChI is InChI=1S/C16H17N3O2/c20-15-6-8-18(9-7-15)16(21)12-19-11-14(10-17-19)13-4-2-1-3-5-13/h1-5,10-11H,6-9,12H2. The van der Waals surface area contributed by atoms with Crippen LogP contribution in [0.25, 0.3) is 11.1 Å². The fourth-order valence-corrected chi connectivity index (χ4v) is 2.47. The van der Waals surface area contributed by atoms with Gasteiger partial charge in [0.2, 0.25) is 5.91 Å². The van der Waals surface area contributed by atoms with Crippen molar-refractivity contribution in [2.24, 2.45) is 0 Å². The Morgan fingerprint density at radius 3 is 2.52 bits per heavy atom. The van der Waals surface area contributed by atoms with Crippen molar-refractivity contribution in [2.45, 2.75) is 19.4 Å². The normalized spacial score (nSPS) is 15.2. The zero-order chi connectivity index (χ0) is 14.7. The van der Waals surface area contributed by atoms with Crippen LogP contribution in [0.2, 0.25) is 0 Å². The van der Waals surface area contributed by atoms with Crippen molar-refractivity contribution in [3.63, 3.8) is 0 Å². The number of Topliss-reactive ketones (excluding diaryl/α,β-unsaturated/α-hetero) is 1. The number of aromatic nitrogens is 2. The maximum atomic E-state index is 12.2. The minimum atomic E-state index is 0.0187. The summed E-state index contributed by atoms with van der Waals surface area (Å²) in [5.41, 5.74) is 2.08. The summed E-state index contributed by atoms with van der Waals surface area (Å²) in [6.45, 7) is 1.29. The summed E-state index contributed by atoms with van der Waals surface area (Å²) in [5, 5.41) is 4.24. The number of hydrogen-bond acceptors (Lipinski definition) is 3. The molecule has 21 heavy (non-hydrogen) atoms. The maximum absolute atomic E-state index is 12.2. The summed E-state index contributed by atoms with van der Waals surface area (Å²) >= 11 is 0. The van der Waals surface area contributed by atoms with Crippen LogP contribution in [0.3, 0.4) is 0 Å². The second kappa shape index (κ2) is 5.91. The van der Waals surface area contributed by atoms with Crippen molar-refractivity contribution in [3.8, 4) is 11.1 Å². The zero-order valence-electron chi connectivity index (χ0n) is 11.7. The minimum Gasteiger partial charge on any atom is -0.340 e. The second-order valence-electron chi connectivity index (χ2n) is 5.21. The van der Waals surface area contributed by atoms with Gasteiger partial charge < -0.3 is 4.90 Å². The maximum Gasteiger partial charge on any atom is 0.244 e. The van der Waals surface area contributed by atoms with Crippen LogP contribution in [0.15, 0.2) is 42.7 Å². The Hall–Kier alpha value is -2.43. The van der Waals surface area contributed by atoms with Gasteiger partial charge in [-0.1, -0.05) is 30.3 Å². The van der Waals surface area contributed by atoms with E-state index in [1.807, 2.05) is 36.5 Å². The molecular weight excluding hydrogens is 266 g/mol. The van der Waals surface area contributed by atoms with Gasteiger partial charge in [-0.05, 0) is 5.56 Å². The molecule has 0 radical (unpaired) electrons. The average Bonchev–Trinajstić information content (AvgIpc) is 2.97. The van der Waals surface area contributed by atoms with Crippen molar-refractivity contribution in [2.75, 3.05) is 13.1 Å². The van der Waals surface area contributed by atoms with E-state index in [0.717, 1.165) is 11.1 Å². The molecule has 0 aliphatic carbocycles. The summed E-state index contributed by atoms with van der Waals surface area (Å²) < 4.78 is 1.65. The molecule has 0 saturated carbocycles. The van der Waals surface area contributed by atoms with Gasteiger partial charge in [0.25, 0.3) is 0 Å². The topological polar surface area (TPSA) is 55.2 Å². The predicted octanol–water partition coefficient (Wildman–Crippen LogP) is 1.74. The molecule has 5 heteroatoms. The van der Waals surface area contributed by atoms with E-state index in [4.69, 9.17) is 0 Å². The van der Waals surface area contributed by atoms with Gasteiger partial charge in [0.05, 0.1) is 6.20 Å². The van der Waals surface area contributed by atoms with Crippen molar-refractivity contribution in [1.82, 2.24) is 14.7 Å². The van der Waals surface area contributed by atoms with E-state index in [1.54, 1.807) is 15.8 Å². The summed E-state index contributed by atoms with van der Waals surface area (Å²) in [4.78, 5) is 25.1. The molecule has 0 N–H and O–H groups in total. The lowest BCUT2D eigenvalue weighted by Crippen LogP contribution is -2.40. The van der Waals surface area contributed by atoms with Crippen LogP contribution in [-0.2, 0) is 16.1 Å². The van der Waals surface area contributed by atoms with Crippen molar-refractivity contribution >= 4 is 11.7 Å². The molecule has 1 aromatic heterocycles. The number of carbonyl (C=O) groups is 2. The van der Waals surface area contributed by atoms with E-state index in [-0.39, 0.29) is 18.2 Å². The SMILES string of the molecule is O=C1CCN(C(=O)Cn2cc(-c3ccccc3)cn2)CC1. The molecule has 1 fully saturated rings. The minimum absolute atomic E-state index is 0.0187. The largest absolute Gasteiger partial charge is 0.340 e. The monoisotopic (exact) mass is 283 g/mol. The summed E-state index contributed by atoms with van der Waals surface area (Å²) in [5.74, 6) is 0.259. The Morgan fingerprint density at radius 1 is 1.10 bits per heavy atom. The highest BCUT2D eigenvalue weighted by Gasteiger charge is 2.21. The lowest BCUT2D eigenvalue weighted by molar-refractivity contribution is -0.135. The van der Waals surface area contributed by atoms with Gasteiger partial charge in [0, 0.05) is 37.7 Å². The number of ketones is 1. The lowest BCUT2D eigenvalue weighted by atomic mass is 10.1. The molecule has 5 nitrogen and oxygen atoms in total. The molecule has 1 aromatic carbocycles. The van der Waals surface area contributed by atoms with Crippen molar-refractivity contribution in [3.05, 3.63) is 42.7 Å². The van der Waals surface area contributed by atoms with Crippen LogP contribution in [0.1, 0.15) is 12.8 Å². The first kappa shape index (κ1) is 13.5. The van der Waals surface area contributed by atoms with E-state index in [2.05, 4.69) is 5.10 Å². The molecule has 0 bridgehead atoms. The summed E-state index contributed by atoms with van der Waals surface area (Å²) in [6, 6.07) is 9.94. The zero-order valence-corrected chi connectivity index (χ0v) is 11.7. The predicted molar refractivity (Wildman–Crippen MR) is 78.5 cm³/mol. The van der Waals surface area contributed by atoms with Gasteiger partial charge >= 0.3 is 0 Å². The van der Waals surface area contributed by atoms with E-state index in [1.165, 1.54) is 0 Å². The number of carbonyl (C=O) groups excluding carboxylic acids is 2. The molecule has 1 saturated heterocycles. The van der Waals surface area contributed by atoms with Gasteiger partial charge in [-0.25, -0.2) is 0 Å². The quantitative estimate of drug-likeness (QED) is 0.862. The Labute approximate surface area is 123 Å². The van der Waals surface area contributed by atoms with E-state index < -0.39 is 0 Å². The van der Waals surface area contributed by atoms with Crippen LogP contribution < -0.4 is 0 Å². The van der Waals surface area contributed by atoms with Gasteiger partial charge in [-0.2, -0.15) is 5.10 Å². The molecule has 108 valence electrons. The Bertz CT molecular complexity index is 639. The van der Waals surface area contributed by atoms with Gasteiger partial charge in [0.1, 0.15) is 12.3 Å². The number of benzene rings is 1. The lowest BCUT2D eigenvalue weighted by Gasteiger charge is -2.25. The van der Waals surface area contributed by atoms with Crippen LogP contribution in [0.5, 0.6) is 0 Å². The molecular formula is C16H17N3O2. The fourth-order valence-electron chi connectivity index (χ4n) is 2.47. The first-order valence-corrected chi connectivity index (χ1v) is 7.10. The van der Waals surface area contributed by atoms with Crippen LogP contribution in [-0.4, -0.2) is 39.5 Å². The van der Waals surface area contributed by atoms with Gasteiger partial charge in [-0.3, -0.25) is 14.3 Å². The molecule has 0 unspecified atom stereocenters. The third-order valence-electron chi connectivity index (χ3n) is 3.71. The highest BCUT2D eigenvalue weighted by molar-refractivity contribution is 5.83. The average molecular weight is 283 g/mol. The molecule has 2 aromatic rings. The van der Waals surface area contributed by atoms with E-state index in [0.29, 0.717) is 25.9 Å². The highest BCUT2D eigenvalue weighted by atomic mass is 16.2. The van der Waals surface area contributed by atoms with E-state index >= 15 is 0 Å². The Morgan fingerprint density at radius 2 is 1.81 bits per heavy atom. The summed E-state index contributed by atoms with van der Waals surface area (Å²) in [7, 11) is 0. The molecule has 3 rings (SSSR count). The number of amides is 1. The van der Waals surface area contributed by atoms with Crippen LogP contribution in [0.4, 0.5) is 0 Å². The molecule has 1 aliphatic rings. The Balaban J connectivity index is 1.65. The number of nitrogens with zero attached hydrogens (tertiary/aromatic N) is 3. The Kier molecular flexibility index (Phi) is 3.81. The molecule has 1 aliphatic heterocycles. The smallest absolute Gasteiger partial charge is 0.244 e. The number of piperidine rings is 1. The molecule has 0 atom stereocenters. The van der Waals surface area contributed by atoms with Crippen LogP contribution >= 0.6 is 0 Å². The highest BCUT2D eigenvalue weighted by Crippen LogP contribution is 2.17. The third kappa shape index (κ3) is 3.18. The number of hydrogen-bond donors (Lipinski definition) is 0. The van der Waals surface area contributed by atoms with Gasteiger partial charge in [-0.15, -0.1) is 0 Å². The number of likely N-dealkylation sites (tertiary alicyclic amines) is 1. The third-order valence-corrected chi connectivity index (χ3v) is 3.71. The van der Waals surface area contributed by atoms with E-state index in [9.17, 15) is 9.59 Å². The first-order valence-electron chi connectivity index (χ1n) is 7.10. The van der Waals surface area contributed by atoms with Crippen molar-refractivity contribution < 1.29 is 9.59 Å². The number of rotatable bonds is 3. The second-order valence-corrected chi connectivity index (χ2v) is 5.21. The van der Waals surface area contributed by atoms with Crippen molar-refractivity contribution in [1.29, 1.82) is 0 Å². The molecule has 0 spiro atoms. The van der Waals surface area contributed by atoms with Gasteiger partial charge in [0.15, 0.2) is 0 Å². The van der Waals surface area contributed by atoms with Crippen LogP contribution in [0, 0.1) is 0 Å². The molecule has 1 amide bonds. The molecule has 2 heterocycles. The first-order chi connectivity index (χ1) is 10.2. The summed E-state index contributed by atoms with van der Waals surface area (Å²) in [6.07, 6.45) is 4.59.